The minimum atomic E-state index is -0.235. The van der Waals surface area contributed by atoms with Crippen molar-refractivity contribution in [3.05, 3.63) is 29.8 Å². The normalized spacial score (nSPS) is 10.9. The number of benzene rings is 1. The van der Waals surface area contributed by atoms with E-state index in [1.54, 1.807) is 0 Å². The number of carbonyl (C=O) groups excluding carboxylic acids is 1. The third-order valence-electron chi connectivity index (χ3n) is 3.12. The lowest BCUT2D eigenvalue weighted by Crippen LogP contribution is -2.39. The molecule has 0 aliphatic heterocycles. The molecule has 0 aliphatic rings. The van der Waals surface area contributed by atoms with Crippen molar-refractivity contribution in [2.45, 2.75) is 26.4 Å². The van der Waals surface area contributed by atoms with Crippen LogP contribution in [0.3, 0.4) is 0 Å². The van der Waals surface area contributed by atoms with Crippen molar-refractivity contribution < 1.29 is 14.3 Å². The molecule has 0 saturated heterocycles. The minimum Gasteiger partial charge on any atom is -0.492 e. The molecule has 0 amide bonds. The van der Waals surface area contributed by atoms with E-state index in [1.165, 1.54) is 7.11 Å². The number of hydrogen-bond donors (Lipinski definition) is 1. The highest BCUT2D eigenvalue weighted by Gasteiger charge is 2.14. The second-order valence-corrected chi connectivity index (χ2v) is 4.80. The van der Waals surface area contributed by atoms with Gasteiger partial charge in [-0.2, -0.15) is 0 Å². The molecule has 0 bridgehead atoms. The number of esters is 1. The number of ether oxygens (including phenoxy) is 2. The Hall–Kier alpha value is -1.59. The van der Waals surface area contributed by atoms with E-state index in [0.29, 0.717) is 19.7 Å². The fourth-order valence-electron chi connectivity index (χ4n) is 1.84. The van der Waals surface area contributed by atoms with E-state index in [4.69, 9.17) is 15.2 Å². The van der Waals surface area contributed by atoms with Crippen molar-refractivity contribution in [3.63, 3.8) is 0 Å². The summed E-state index contributed by atoms with van der Waals surface area (Å²) in [4.78, 5) is 13.3. The van der Waals surface area contributed by atoms with Crippen LogP contribution in [-0.2, 0) is 16.1 Å². The smallest absolute Gasteiger partial charge is 0.319 e. The van der Waals surface area contributed by atoms with Crippen LogP contribution >= 0.6 is 0 Å². The number of nitrogens with two attached hydrogens (primary N) is 1. The summed E-state index contributed by atoms with van der Waals surface area (Å²) in [7, 11) is 1.40. The van der Waals surface area contributed by atoms with Gasteiger partial charge < -0.3 is 15.2 Å². The van der Waals surface area contributed by atoms with Crippen LogP contribution in [0.1, 0.15) is 19.4 Å². The summed E-state index contributed by atoms with van der Waals surface area (Å²) in [6.45, 7) is 5.97. The molecule has 0 aliphatic carbocycles. The second kappa shape index (κ2) is 8.55. The number of methoxy groups -OCH3 is 1. The van der Waals surface area contributed by atoms with Gasteiger partial charge in [0.2, 0.25) is 0 Å². The van der Waals surface area contributed by atoms with E-state index in [2.05, 4.69) is 0 Å². The standard InChI is InChI=1S/C15H24N2O3/c1-12(2)17(11-15(18)19-3)8-9-20-14-7-5-4-6-13(14)10-16/h4-7,12H,8-11,16H2,1-3H3. The van der Waals surface area contributed by atoms with Crippen LogP contribution in [-0.4, -0.2) is 43.7 Å². The van der Waals surface area contributed by atoms with Gasteiger partial charge >= 0.3 is 5.97 Å². The molecular weight excluding hydrogens is 256 g/mol. The van der Waals surface area contributed by atoms with Crippen LogP contribution in [0.25, 0.3) is 0 Å². The SMILES string of the molecule is COC(=O)CN(CCOc1ccccc1CN)C(C)C. The Labute approximate surface area is 120 Å². The van der Waals surface area contributed by atoms with Crippen molar-refractivity contribution in [3.8, 4) is 5.75 Å². The minimum absolute atomic E-state index is 0.235. The molecule has 5 nitrogen and oxygen atoms in total. The van der Waals surface area contributed by atoms with Crippen LogP contribution in [0.15, 0.2) is 24.3 Å². The molecule has 0 aromatic heterocycles. The lowest BCUT2D eigenvalue weighted by Gasteiger charge is -2.25. The fraction of sp³-hybridized carbons (Fsp3) is 0.533. The first kappa shape index (κ1) is 16.5. The third-order valence-corrected chi connectivity index (χ3v) is 3.12. The van der Waals surface area contributed by atoms with Gasteiger partial charge in [0.05, 0.1) is 13.7 Å². The zero-order chi connectivity index (χ0) is 15.0. The molecule has 112 valence electrons. The van der Waals surface area contributed by atoms with Crippen LogP contribution < -0.4 is 10.5 Å². The van der Waals surface area contributed by atoms with Crippen molar-refractivity contribution in [1.82, 2.24) is 4.90 Å². The highest BCUT2D eigenvalue weighted by atomic mass is 16.5. The maximum absolute atomic E-state index is 11.3. The third kappa shape index (κ3) is 5.19. The highest BCUT2D eigenvalue weighted by Crippen LogP contribution is 2.16. The Morgan fingerprint density at radius 3 is 2.65 bits per heavy atom. The first-order chi connectivity index (χ1) is 9.58. The van der Waals surface area contributed by atoms with E-state index in [-0.39, 0.29) is 18.6 Å². The number of carbonyl (C=O) groups is 1. The predicted molar refractivity (Wildman–Crippen MR) is 78.6 cm³/mol. The Bertz CT molecular complexity index is 421. The number of rotatable bonds is 8. The largest absolute Gasteiger partial charge is 0.492 e. The fourth-order valence-corrected chi connectivity index (χ4v) is 1.84. The summed E-state index contributed by atoms with van der Waals surface area (Å²) < 4.78 is 10.4. The summed E-state index contributed by atoms with van der Waals surface area (Å²) in [5.41, 5.74) is 6.65. The Kier molecular flexibility index (Phi) is 7.04. The second-order valence-electron chi connectivity index (χ2n) is 4.80. The summed E-state index contributed by atoms with van der Waals surface area (Å²) in [5, 5.41) is 0. The molecule has 0 fully saturated rings. The molecule has 0 spiro atoms. The van der Waals surface area contributed by atoms with Crippen molar-refractivity contribution in [2.24, 2.45) is 5.73 Å². The maximum Gasteiger partial charge on any atom is 0.319 e. The van der Waals surface area contributed by atoms with Gasteiger partial charge in [-0.15, -0.1) is 0 Å². The summed E-state index contributed by atoms with van der Waals surface area (Å²) in [6.07, 6.45) is 0. The van der Waals surface area contributed by atoms with Crippen LogP contribution in [0, 0.1) is 0 Å². The molecule has 0 heterocycles. The van der Waals surface area contributed by atoms with Gasteiger partial charge in [-0.3, -0.25) is 9.69 Å². The molecule has 0 saturated carbocycles. The molecule has 2 N–H and O–H groups in total. The molecule has 0 radical (unpaired) electrons. The topological polar surface area (TPSA) is 64.8 Å². The lowest BCUT2D eigenvalue weighted by molar-refractivity contribution is -0.142. The molecule has 5 heteroatoms. The molecule has 1 aromatic carbocycles. The summed E-state index contributed by atoms with van der Waals surface area (Å²) in [6, 6.07) is 7.96. The van der Waals surface area contributed by atoms with Crippen molar-refractivity contribution in [2.75, 3.05) is 26.8 Å². The van der Waals surface area contributed by atoms with E-state index in [1.807, 2.05) is 43.0 Å². The van der Waals surface area contributed by atoms with Gasteiger partial charge in [0.25, 0.3) is 0 Å². The quantitative estimate of drug-likeness (QED) is 0.729. The Morgan fingerprint density at radius 1 is 1.35 bits per heavy atom. The number of hydrogen-bond acceptors (Lipinski definition) is 5. The number of para-hydroxylation sites is 1. The Morgan fingerprint density at radius 2 is 2.05 bits per heavy atom. The zero-order valence-electron chi connectivity index (χ0n) is 12.5. The Balaban J connectivity index is 2.49. The molecule has 1 rings (SSSR count). The molecule has 20 heavy (non-hydrogen) atoms. The van der Waals surface area contributed by atoms with E-state index in [9.17, 15) is 4.79 Å². The molecule has 0 unspecified atom stereocenters. The first-order valence-corrected chi connectivity index (χ1v) is 6.80. The van der Waals surface area contributed by atoms with E-state index >= 15 is 0 Å². The number of nitrogens with zero attached hydrogens (tertiary/aromatic N) is 1. The summed E-state index contributed by atoms with van der Waals surface area (Å²) >= 11 is 0. The van der Waals surface area contributed by atoms with E-state index < -0.39 is 0 Å². The van der Waals surface area contributed by atoms with Crippen LogP contribution in [0.5, 0.6) is 5.75 Å². The monoisotopic (exact) mass is 280 g/mol. The lowest BCUT2D eigenvalue weighted by atomic mass is 10.2. The molecular formula is C15H24N2O3. The van der Waals surface area contributed by atoms with Gasteiger partial charge in [0, 0.05) is 24.7 Å². The van der Waals surface area contributed by atoms with Gasteiger partial charge in [-0.25, -0.2) is 0 Å². The van der Waals surface area contributed by atoms with Gasteiger partial charge in [0.1, 0.15) is 12.4 Å². The van der Waals surface area contributed by atoms with Crippen molar-refractivity contribution >= 4 is 5.97 Å². The average molecular weight is 280 g/mol. The highest BCUT2D eigenvalue weighted by molar-refractivity contribution is 5.71. The average Bonchev–Trinajstić information content (AvgIpc) is 2.46. The van der Waals surface area contributed by atoms with E-state index in [0.717, 1.165) is 11.3 Å². The van der Waals surface area contributed by atoms with Gasteiger partial charge in [-0.05, 0) is 19.9 Å². The van der Waals surface area contributed by atoms with Gasteiger partial charge in [0.15, 0.2) is 0 Å². The molecule has 0 atom stereocenters. The van der Waals surface area contributed by atoms with Gasteiger partial charge in [-0.1, -0.05) is 18.2 Å². The van der Waals surface area contributed by atoms with Crippen LogP contribution in [0.2, 0.25) is 0 Å². The predicted octanol–water partition coefficient (Wildman–Crippen LogP) is 1.41. The van der Waals surface area contributed by atoms with Crippen LogP contribution in [0.4, 0.5) is 0 Å². The summed E-state index contributed by atoms with van der Waals surface area (Å²) in [5.74, 6) is 0.567. The molecule has 1 aromatic rings. The first-order valence-electron chi connectivity index (χ1n) is 6.80. The zero-order valence-corrected chi connectivity index (χ0v) is 12.5. The van der Waals surface area contributed by atoms with Crippen molar-refractivity contribution in [1.29, 1.82) is 0 Å². The maximum atomic E-state index is 11.3.